The average Bonchev–Trinajstić information content (AvgIpc) is 2.83. The van der Waals surface area contributed by atoms with Crippen molar-refractivity contribution in [3.8, 4) is 23.0 Å². The Balaban J connectivity index is 1.89. The highest BCUT2D eigenvalue weighted by Crippen LogP contribution is 2.46. The molecule has 1 N–H and O–H groups in total. The fraction of sp³-hybridized carbons (Fsp3) is 0.345. The minimum atomic E-state index is -3.14. The van der Waals surface area contributed by atoms with Crippen molar-refractivity contribution in [2.45, 2.75) is 52.4 Å². The van der Waals surface area contributed by atoms with Crippen molar-refractivity contribution in [2.24, 2.45) is 5.10 Å². The summed E-state index contributed by atoms with van der Waals surface area (Å²) in [5.74, 6) is 2.38. The normalized spacial score (nSPS) is 12.3. The van der Waals surface area contributed by atoms with Gasteiger partial charge in [-0.05, 0) is 58.4 Å². The Hall–Kier alpha value is -3.02. The predicted octanol–water partition coefficient (Wildman–Crippen LogP) is 7.60. The van der Waals surface area contributed by atoms with E-state index in [0.717, 1.165) is 5.56 Å². The van der Waals surface area contributed by atoms with Gasteiger partial charge < -0.3 is 18.5 Å². The Kier molecular flexibility index (Phi) is 8.93. The van der Waals surface area contributed by atoms with Crippen molar-refractivity contribution >= 4 is 24.7 Å². The molecule has 8 heteroatoms. The van der Waals surface area contributed by atoms with Gasteiger partial charge in [-0.3, -0.25) is 0 Å². The van der Waals surface area contributed by atoms with Crippen molar-refractivity contribution in [3.05, 3.63) is 83.4 Å². The van der Waals surface area contributed by atoms with Gasteiger partial charge in [0.2, 0.25) is 0 Å². The molecule has 3 rings (SSSR count). The van der Waals surface area contributed by atoms with Gasteiger partial charge in [0.05, 0.1) is 20.4 Å². The van der Waals surface area contributed by atoms with Gasteiger partial charge in [-0.2, -0.15) is 5.10 Å². The summed E-state index contributed by atoms with van der Waals surface area (Å²) in [6, 6.07) is 21.3. The maximum Gasteiger partial charge on any atom is 0.408 e. The van der Waals surface area contributed by atoms with E-state index in [4.69, 9.17) is 30.3 Å². The van der Waals surface area contributed by atoms with Crippen LogP contribution in [0.3, 0.4) is 0 Å². The largest absolute Gasteiger partial charge is 0.493 e. The summed E-state index contributed by atoms with van der Waals surface area (Å²) in [7, 11) is 3.18. The quantitative estimate of drug-likeness (QED) is 0.171. The summed E-state index contributed by atoms with van der Waals surface area (Å²) in [4.78, 5) is 0. The highest BCUT2D eigenvalue weighted by molar-refractivity contribution is 8.09. The van der Waals surface area contributed by atoms with Crippen LogP contribution in [0, 0.1) is 0 Å². The number of hydrazone groups is 1. The molecule has 0 heterocycles. The first kappa shape index (κ1) is 28.5. The lowest BCUT2D eigenvalue weighted by Gasteiger charge is -2.24. The summed E-state index contributed by atoms with van der Waals surface area (Å²) in [6.07, 6.45) is 1.61. The molecular weight excluding hydrogens is 503 g/mol. The van der Waals surface area contributed by atoms with Crippen LogP contribution in [0.25, 0.3) is 0 Å². The van der Waals surface area contributed by atoms with Crippen LogP contribution in [-0.2, 0) is 22.6 Å². The zero-order chi connectivity index (χ0) is 27.3. The summed E-state index contributed by atoms with van der Waals surface area (Å²) in [5.41, 5.74) is 3.18. The molecule has 3 aromatic rings. The second kappa shape index (κ2) is 11.6. The monoisotopic (exact) mass is 540 g/mol. The van der Waals surface area contributed by atoms with E-state index in [2.05, 4.69) is 51.8 Å². The maximum absolute atomic E-state index is 6.23. The molecule has 0 amide bonds. The zero-order valence-corrected chi connectivity index (χ0v) is 24.6. The van der Waals surface area contributed by atoms with E-state index < -0.39 is 6.64 Å². The number of ether oxygens (including phenoxy) is 2. The molecular formula is C29H37N2O4PS. The van der Waals surface area contributed by atoms with Crippen molar-refractivity contribution in [1.29, 1.82) is 0 Å². The Morgan fingerprint density at radius 2 is 1.22 bits per heavy atom. The fourth-order valence-corrected chi connectivity index (χ4v) is 5.33. The van der Waals surface area contributed by atoms with E-state index in [-0.39, 0.29) is 10.8 Å². The first-order valence-electron chi connectivity index (χ1n) is 12.1. The fourth-order valence-electron chi connectivity index (χ4n) is 3.55. The van der Waals surface area contributed by atoms with Gasteiger partial charge in [0, 0.05) is 17.4 Å². The van der Waals surface area contributed by atoms with Crippen LogP contribution in [-0.4, -0.2) is 20.4 Å². The molecule has 0 saturated carbocycles. The molecule has 0 bridgehead atoms. The third-order valence-electron chi connectivity index (χ3n) is 5.71. The van der Waals surface area contributed by atoms with E-state index in [1.54, 1.807) is 20.4 Å². The molecule has 0 aliphatic heterocycles. The Morgan fingerprint density at radius 3 is 1.62 bits per heavy atom. The zero-order valence-electron chi connectivity index (χ0n) is 22.9. The molecule has 3 aromatic carbocycles. The van der Waals surface area contributed by atoms with Crippen LogP contribution < -0.4 is 23.7 Å². The molecule has 0 aliphatic carbocycles. The van der Waals surface area contributed by atoms with E-state index in [1.165, 1.54) is 11.1 Å². The van der Waals surface area contributed by atoms with Gasteiger partial charge in [-0.1, -0.05) is 71.9 Å². The van der Waals surface area contributed by atoms with Crippen LogP contribution in [0.5, 0.6) is 23.0 Å². The Morgan fingerprint density at radius 1 is 0.730 bits per heavy atom. The van der Waals surface area contributed by atoms with Gasteiger partial charge in [-0.25, -0.2) is 5.20 Å². The SMILES string of the molecule is COc1cccc(/C=N\NP(=S)(Oc2ccc(C(C)(C)C)cc2)Oc2ccc(C(C)(C)C)cc2)c1OC. The van der Waals surface area contributed by atoms with E-state index in [9.17, 15) is 0 Å². The van der Waals surface area contributed by atoms with E-state index in [0.29, 0.717) is 23.0 Å². The lowest BCUT2D eigenvalue weighted by Crippen LogP contribution is -2.15. The van der Waals surface area contributed by atoms with Gasteiger partial charge in [-0.15, -0.1) is 0 Å². The number of hydrogen-bond acceptors (Lipinski definition) is 6. The highest BCUT2D eigenvalue weighted by atomic mass is 32.5. The maximum atomic E-state index is 6.23. The van der Waals surface area contributed by atoms with Crippen LogP contribution >= 0.6 is 6.64 Å². The number of nitrogens with zero attached hydrogens (tertiary/aromatic N) is 1. The molecule has 0 spiro atoms. The van der Waals surface area contributed by atoms with Crippen LogP contribution in [0.2, 0.25) is 0 Å². The Bertz CT molecular complexity index is 1200. The first-order valence-corrected chi connectivity index (χ1v) is 14.7. The molecule has 0 saturated heterocycles. The van der Waals surface area contributed by atoms with Crippen molar-refractivity contribution in [2.75, 3.05) is 14.2 Å². The molecule has 6 nitrogen and oxygen atoms in total. The predicted molar refractivity (Wildman–Crippen MR) is 156 cm³/mol. The van der Waals surface area contributed by atoms with Crippen LogP contribution in [0.4, 0.5) is 0 Å². The molecule has 198 valence electrons. The molecule has 0 unspecified atom stereocenters. The lowest BCUT2D eigenvalue weighted by atomic mass is 9.87. The standard InChI is InChI=1S/C29H37N2O4PS/c1-28(2,3)22-12-16-24(17-13-22)34-36(37,35-25-18-14-23(15-19-25)29(4,5)6)31-30-20-21-10-9-11-26(32-7)27(21)33-8/h9-20H,1-8H3,(H,31,37)/b30-20-. The van der Waals surface area contributed by atoms with Gasteiger partial charge in [0.15, 0.2) is 11.5 Å². The van der Waals surface area contributed by atoms with Crippen molar-refractivity contribution in [3.63, 3.8) is 0 Å². The second-order valence-corrected chi connectivity index (χ2v) is 13.7. The topological polar surface area (TPSA) is 61.3 Å². The number of rotatable bonds is 9. The lowest BCUT2D eigenvalue weighted by molar-refractivity contribution is 0.354. The van der Waals surface area contributed by atoms with E-state index in [1.807, 2.05) is 66.7 Å². The minimum absolute atomic E-state index is 0.0301. The summed E-state index contributed by atoms with van der Waals surface area (Å²) in [6.45, 7) is 9.86. The molecule has 0 aromatic heterocycles. The van der Waals surface area contributed by atoms with Gasteiger partial charge >= 0.3 is 6.64 Å². The van der Waals surface area contributed by atoms with Crippen molar-refractivity contribution < 1.29 is 18.5 Å². The third-order valence-corrected chi connectivity index (χ3v) is 7.66. The minimum Gasteiger partial charge on any atom is -0.493 e. The number of nitrogens with one attached hydrogen (secondary N) is 1. The smallest absolute Gasteiger partial charge is 0.408 e. The molecule has 0 fully saturated rings. The van der Waals surface area contributed by atoms with E-state index >= 15 is 0 Å². The summed E-state index contributed by atoms with van der Waals surface area (Å²) < 4.78 is 23.3. The van der Waals surface area contributed by atoms with Gasteiger partial charge in [0.1, 0.15) is 11.5 Å². The summed E-state index contributed by atoms with van der Waals surface area (Å²) >= 11 is 5.89. The number of hydrogen-bond donors (Lipinski definition) is 1. The first-order chi connectivity index (χ1) is 17.3. The van der Waals surface area contributed by atoms with Crippen LogP contribution in [0.15, 0.2) is 71.8 Å². The number of methoxy groups -OCH3 is 2. The average molecular weight is 541 g/mol. The highest BCUT2D eigenvalue weighted by Gasteiger charge is 2.24. The summed E-state index contributed by atoms with van der Waals surface area (Å²) in [5, 5.41) is 7.36. The molecule has 0 aliphatic rings. The number of benzene rings is 3. The van der Waals surface area contributed by atoms with Crippen LogP contribution in [0.1, 0.15) is 58.2 Å². The third kappa shape index (κ3) is 7.73. The molecule has 37 heavy (non-hydrogen) atoms. The molecule has 0 atom stereocenters. The van der Waals surface area contributed by atoms with Crippen molar-refractivity contribution in [1.82, 2.24) is 5.20 Å². The van der Waals surface area contributed by atoms with Gasteiger partial charge in [0.25, 0.3) is 0 Å². The second-order valence-electron chi connectivity index (χ2n) is 10.7. The Labute approximate surface area is 226 Å². The molecule has 0 radical (unpaired) electrons. The number of para-hydroxylation sites is 1.